The number of benzene rings is 2. The van der Waals surface area contributed by atoms with Gasteiger partial charge in [0.25, 0.3) is 5.91 Å². The van der Waals surface area contributed by atoms with E-state index in [4.69, 9.17) is 0 Å². The molecule has 5 nitrogen and oxygen atoms in total. The zero-order chi connectivity index (χ0) is 25.0. The molecule has 0 aliphatic rings. The van der Waals surface area contributed by atoms with Gasteiger partial charge in [0.05, 0.1) is 16.9 Å². The fourth-order valence-corrected chi connectivity index (χ4v) is 3.48. The Kier molecular flexibility index (Phi) is 6.72. The summed E-state index contributed by atoms with van der Waals surface area (Å²) < 4.78 is 71.2. The number of hydrogen-bond acceptors (Lipinski definition) is 4. The molecule has 1 amide bonds. The Bertz CT molecular complexity index is 1340. The second kappa shape index (κ2) is 9.88. The van der Waals surface area contributed by atoms with Crippen LogP contribution < -0.4 is 10.1 Å². The van der Waals surface area contributed by atoms with Gasteiger partial charge in [0.1, 0.15) is 5.69 Å². The summed E-state index contributed by atoms with van der Waals surface area (Å²) in [6.07, 6.45) is -1.96. The van der Waals surface area contributed by atoms with E-state index >= 15 is 0 Å². The zero-order valence-corrected chi connectivity index (χ0v) is 17.8. The molecule has 2 heterocycles. The van der Waals surface area contributed by atoms with Gasteiger partial charge in [0.15, 0.2) is 5.75 Å². The molecule has 0 aliphatic heterocycles. The Morgan fingerprint density at radius 3 is 2.37 bits per heavy atom. The number of carbonyl (C=O) groups is 1. The van der Waals surface area contributed by atoms with E-state index in [0.29, 0.717) is 5.56 Å². The molecule has 10 heteroatoms. The predicted molar refractivity (Wildman–Crippen MR) is 119 cm³/mol. The topological polar surface area (TPSA) is 64.1 Å². The number of hydrogen-bond donors (Lipinski definition) is 1. The van der Waals surface area contributed by atoms with Crippen molar-refractivity contribution in [2.45, 2.75) is 12.8 Å². The van der Waals surface area contributed by atoms with Crippen molar-refractivity contribution in [2.24, 2.45) is 0 Å². The van der Waals surface area contributed by atoms with Crippen molar-refractivity contribution < 1.29 is 31.5 Å². The standard InChI is InChI=1S/C25H16F5N3O2/c26-24(27)35-20-11-5-13-32-22(20)15-6-3-7-16(14-15)23(34)33-19-10-4-8-17(25(28,29)30)21(19)18-9-1-2-12-31-18/h1-14,24H,(H,33,34). The Hall–Kier alpha value is -4.34. The number of rotatable bonds is 6. The van der Waals surface area contributed by atoms with Crippen molar-refractivity contribution in [3.05, 3.63) is 96.3 Å². The summed E-state index contributed by atoms with van der Waals surface area (Å²) in [5, 5.41) is 2.51. The summed E-state index contributed by atoms with van der Waals surface area (Å²) in [4.78, 5) is 21.1. The minimum atomic E-state index is -4.69. The Balaban J connectivity index is 1.71. The molecule has 0 spiro atoms. The molecular weight excluding hydrogens is 469 g/mol. The van der Waals surface area contributed by atoms with Gasteiger partial charge in [-0.2, -0.15) is 22.0 Å². The van der Waals surface area contributed by atoms with Gasteiger partial charge < -0.3 is 10.1 Å². The molecule has 35 heavy (non-hydrogen) atoms. The second-order valence-corrected chi connectivity index (χ2v) is 7.20. The van der Waals surface area contributed by atoms with Gasteiger partial charge in [-0.05, 0) is 48.5 Å². The van der Waals surface area contributed by atoms with E-state index in [1.54, 1.807) is 12.1 Å². The molecule has 0 aliphatic carbocycles. The van der Waals surface area contributed by atoms with Crippen molar-refractivity contribution in [2.75, 3.05) is 5.32 Å². The number of anilines is 1. The van der Waals surface area contributed by atoms with E-state index in [1.807, 2.05) is 0 Å². The lowest BCUT2D eigenvalue weighted by molar-refractivity contribution is -0.137. The summed E-state index contributed by atoms with van der Waals surface area (Å²) >= 11 is 0. The fraction of sp³-hybridized carbons (Fsp3) is 0.0800. The highest BCUT2D eigenvalue weighted by molar-refractivity contribution is 6.07. The number of halogens is 5. The van der Waals surface area contributed by atoms with E-state index in [1.165, 1.54) is 67.0 Å². The molecule has 178 valence electrons. The number of ether oxygens (including phenoxy) is 1. The van der Waals surface area contributed by atoms with Crippen LogP contribution in [0, 0.1) is 0 Å². The van der Waals surface area contributed by atoms with Crippen LogP contribution in [0.15, 0.2) is 85.2 Å². The Morgan fingerprint density at radius 1 is 0.886 bits per heavy atom. The molecule has 2 aromatic heterocycles. The van der Waals surface area contributed by atoms with Gasteiger partial charge >= 0.3 is 12.8 Å². The number of carbonyl (C=O) groups excluding carboxylic acids is 1. The lowest BCUT2D eigenvalue weighted by Gasteiger charge is -2.17. The highest BCUT2D eigenvalue weighted by atomic mass is 19.4. The van der Waals surface area contributed by atoms with Crippen LogP contribution in [0.3, 0.4) is 0 Å². The summed E-state index contributed by atoms with van der Waals surface area (Å²) in [6.45, 7) is -3.07. The van der Waals surface area contributed by atoms with Crippen molar-refractivity contribution in [3.8, 4) is 28.3 Å². The van der Waals surface area contributed by atoms with Crippen molar-refractivity contribution >= 4 is 11.6 Å². The van der Waals surface area contributed by atoms with E-state index in [0.717, 1.165) is 6.07 Å². The number of alkyl halides is 5. The lowest BCUT2D eigenvalue weighted by Crippen LogP contribution is -2.15. The maximum absolute atomic E-state index is 13.7. The van der Waals surface area contributed by atoms with Crippen LogP contribution in [-0.4, -0.2) is 22.5 Å². The van der Waals surface area contributed by atoms with E-state index in [9.17, 15) is 26.7 Å². The fourth-order valence-electron chi connectivity index (χ4n) is 3.48. The largest absolute Gasteiger partial charge is 0.432 e. The van der Waals surface area contributed by atoms with Gasteiger partial charge in [-0.1, -0.05) is 24.3 Å². The first-order chi connectivity index (χ1) is 16.7. The minimum Gasteiger partial charge on any atom is -0.432 e. The summed E-state index contributed by atoms with van der Waals surface area (Å²) in [5.41, 5.74) is -0.827. The van der Waals surface area contributed by atoms with Crippen molar-refractivity contribution in [1.82, 2.24) is 9.97 Å². The van der Waals surface area contributed by atoms with Gasteiger partial charge in [-0.15, -0.1) is 0 Å². The van der Waals surface area contributed by atoms with Crippen LogP contribution in [0.1, 0.15) is 15.9 Å². The average molecular weight is 485 g/mol. The number of nitrogens with zero attached hydrogens (tertiary/aromatic N) is 2. The first-order valence-electron chi connectivity index (χ1n) is 10.2. The third-order valence-corrected chi connectivity index (χ3v) is 4.92. The first-order valence-corrected chi connectivity index (χ1v) is 10.2. The molecule has 0 fully saturated rings. The summed E-state index contributed by atoms with van der Waals surface area (Å²) in [6, 6.07) is 16.5. The average Bonchev–Trinajstić information content (AvgIpc) is 2.84. The number of aromatic nitrogens is 2. The number of nitrogens with one attached hydrogen (secondary N) is 1. The van der Waals surface area contributed by atoms with Crippen molar-refractivity contribution in [1.29, 1.82) is 0 Å². The molecule has 1 N–H and O–H groups in total. The third kappa shape index (κ3) is 5.43. The quantitative estimate of drug-likeness (QED) is 0.310. The molecule has 4 aromatic rings. The van der Waals surface area contributed by atoms with Crippen LogP contribution in [0.2, 0.25) is 0 Å². The maximum Gasteiger partial charge on any atom is 0.417 e. The molecule has 0 unspecified atom stereocenters. The second-order valence-electron chi connectivity index (χ2n) is 7.20. The van der Waals surface area contributed by atoms with Crippen LogP contribution in [0.5, 0.6) is 5.75 Å². The molecule has 0 atom stereocenters. The first kappa shape index (κ1) is 23.8. The van der Waals surface area contributed by atoms with Gasteiger partial charge in [-0.3, -0.25) is 14.8 Å². The van der Waals surface area contributed by atoms with Crippen LogP contribution in [0.25, 0.3) is 22.5 Å². The van der Waals surface area contributed by atoms with Gasteiger partial charge in [0, 0.05) is 29.1 Å². The van der Waals surface area contributed by atoms with E-state index < -0.39 is 24.3 Å². The normalized spacial score (nSPS) is 11.4. The molecule has 0 radical (unpaired) electrons. The molecule has 4 rings (SSSR count). The molecule has 0 saturated carbocycles. The predicted octanol–water partition coefficient (Wildman–Crippen LogP) is 6.68. The number of pyridine rings is 2. The van der Waals surface area contributed by atoms with Crippen molar-refractivity contribution in [3.63, 3.8) is 0 Å². The van der Waals surface area contributed by atoms with Gasteiger partial charge in [-0.25, -0.2) is 0 Å². The molecule has 0 bridgehead atoms. The van der Waals surface area contributed by atoms with Gasteiger partial charge in [0.2, 0.25) is 0 Å². The highest BCUT2D eigenvalue weighted by Crippen LogP contribution is 2.40. The summed E-state index contributed by atoms with van der Waals surface area (Å²) in [5.74, 6) is -0.897. The van der Waals surface area contributed by atoms with Crippen LogP contribution in [-0.2, 0) is 6.18 Å². The van der Waals surface area contributed by atoms with Crippen LogP contribution in [0.4, 0.5) is 27.6 Å². The SMILES string of the molecule is O=C(Nc1cccc(C(F)(F)F)c1-c1ccccn1)c1cccc(-c2ncccc2OC(F)F)c1. The van der Waals surface area contributed by atoms with E-state index in [-0.39, 0.29) is 34.0 Å². The Morgan fingerprint density at radius 2 is 1.66 bits per heavy atom. The van der Waals surface area contributed by atoms with Crippen LogP contribution >= 0.6 is 0 Å². The molecule has 2 aromatic carbocycles. The zero-order valence-electron chi connectivity index (χ0n) is 17.8. The highest BCUT2D eigenvalue weighted by Gasteiger charge is 2.35. The minimum absolute atomic E-state index is 0.0340. The smallest absolute Gasteiger partial charge is 0.417 e. The summed E-state index contributed by atoms with van der Waals surface area (Å²) in [7, 11) is 0. The molecular formula is C25H16F5N3O2. The Labute approximate surface area is 196 Å². The van der Waals surface area contributed by atoms with E-state index in [2.05, 4.69) is 20.0 Å². The lowest BCUT2D eigenvalue weighted by atomic mass is 10.0. The third-order valence-electron chi connectivity index (χ3n) is 4.92. The monoisotopic (exact) mass is 485 g/mol. The number of amides is 1. The molecule has 0 saturated heterocycles. The maximum atomic E-state index is 13.7.